The molecule has 0 atom stereocenters. The zero-order valence-corrected chi connectivity index (χ0v) is 37.0. The van der Waals surface area contributed by atoms with Gasteiger partial charge in [-0.05, 0) is 96.5 Å². The first-order valence-corrected chi connectivity index (χ1v) is 20.2. The molecule has 0 unspecified atom stereocenters. The summed E-state index contributed by atoms with van der Waals surface area (Å²) >= 11 is 0. The van der Waals surface area contributed by atoms with Crippen molar-refractivity contribution in [3.63, 3.8) is 0 Å². The summed E-state index contributed by atoms with van der Waals surface area (Å²) in [4.78, 5) is 31.4. The molecule has 8 aromatic rings. The third kappa shape index (κ3) is 8.59. The minimum absolute atomic E-state index is 0. The van der Waals surface area contributed by atoms with Gasteiger partial charge in [0.1, 0.15) is 0 Å². The number of halogens is 1. The number of rotatable bonds is 5. The monoisotopic (exact) mass is 984 g/mol. The number of benzene rings is 5. The van der Waals surface area contributed by atoms with E-state index >= 15 is 0 Å². The van der Waals surface area contributed by atoms with Crippen molar-refractivity contribution in [2.45, 2.75) is 27.7 Å². The molecule has 5 nitrogen and oxygen atoms in total. The normalized spacial score (nSPS) is 11.4. The van der Waals surface area contributed by atoms with E-state index in [1.54, 1.807) is 6.29 Å². The van der Waals surface area contributed by atoms with Crippen LogP contribution in [0.15, 0.2) is 146 Å². The number of aryl methyl sites for hydroxylation is 4. The Morgan fingerprint density at radius 1 is 0.387 bits per heavy atom. The minimum atomic E-state index is -0.339. The summed E-state index contributed by atoms with van der Waals surface area (Å²) in [7, 11) is 0. The van der Waals surface area contributed by atoms with Crippen molar-refractivity contribution in [3.8, 4) is 44.5 Å². The summed E-state index contributed by atoms with van der Waals surface area (Å²) < 4.78 is 12.1. The van der Waals surface area contributed by atoms with E-state index in [9.17, 15) is 9.18 Å². The van der Waals surface area contributed by atoms with Crippen LogP contribution in [0.1, 0.15) is 50.6 Å². The fourth-order valence-electron chi connectivity index (χ4n) is 7.67. The Labute approximate surface area is 374 Å². The van der Waals surface area contributed by atoms with Gasteiger partial charge in [-0.15, -0.1) is 22.1 Å². The van der Waals surface area contributed by atoms with Gasteiger partial charge in [0.2, 0.25) is 0 Å². The predicted octanol–water partition coefficient (Wildman–Crippen LogP) is 13.1. The molecule has 10 rings (SSSR count). The summed E-state index contributed by atoms with van der Waals surface area (Å²) in [6, 6.07) is 48.2. The zero-order chi connectivity index (χ0) is 42.0. The van der Waals surface area contributed by atoms with Crippen molar-refractivity contribution < 1.29 is 29.3 Å². The molecule has 5 heterocycles. The van der Waals surface area contributed by atoms with Crippen LogP contribution in [0.5, 0.6) is 0 Å². The first-order valence-electron chi connectivity index (χ1n) is 20.2. The van der Waals surface area contributed by atoms with Crippen LogP contribution in [0, 0.1) is 33.5 Å². The fraction of sp³-hybridized carbons (Fsp3) is 0.0727. The molecule has 8 bridgehead atoms. The van der Waals surface area contributed by atoms with Gasteiger partial charge in [0.25, 0.3) is 0 Å². The maximum Gasteiger partial charge on any atom is 3.00 e. The average molecular weight is 984 g/mol. The second-order valence-corrected chi connectivity index (χ2v) is 15.4. The van der Waals surface area contributed by atoms with E-state index in [1.807, 2.05) is 0 Å². The van der Waals surface area contributed by atoms with Crippen molar-refractivity contribution in [1.29, 1.82) is 0 Å². The molecular formula is C55H40FIrN4O. The summed E-state index contributed by atoms with van der Waals surface area (Å²) in [5, 5.41) is 0. The molecule has 0 saturated heterocycles. The summed E-state index contributed by atoms with van der Waals surface area (Å²) in [6.45, 7) is 8.45. The molecular weight excluding hydrogens is 944 g/mol. The predicted molar refractivity (Wildman–Crippen MR) is 249 cm³/mol. The third-order valence-electron chi connectivity index (χ3n) is 10.9. The first kappa shape index (κ1) is 41.7. The van der Waals surface area contributed by atoms with E-state index in [1.165, 1.54) is 46.5 Å². The van der Waals surface area contributed by atoms with E-state index in [-0.39, 0.29) is 25.9 Å². The molecule has 0 radical (unpaired) electrons. The second-order valence-electron chi connectivity index (χ2n) is 15.4. The molecule has 302 valence electrons. The Morgan fingerprint density at radius 3 is 0.887 bits per heavy atom. The maximum absolute atomic E-state index is 12.1. The largest absolute Gasteiger partial charge is 3.00 e. The molecule has 0 aliphatic carbocycles. The zero-order valence-electron chi connectivity index (χ0n) is 34.6. The standard InChI is InChI=1S/C48H36N4.C7H4FO.Ir/c1-29-5-13-33(14-6-29)45-37-21-23-39(49-37)46(34-15-7-30(2)8-16-34)41-25-27-43(51-41)48(36-19-11-32(4)12-20-36)44-28-26-42(52-44)47(40-24-22-38(45)50-40)35-17-9-31(3)10-18-35;8-7-3-1-6(5-9)2-4-7;/h5-28H,1-4H3;1-4H;/q-2;-1;+3. The molecule has 7 heteroatoms. The molecule has 0 spiro atoms. The Hall–Kier alpha value is -7.05. The quantitative estimate of drug-likeness (QED) is 0.161. The van der Waals surface area contributed by atoms with Gasteiger partial charge in [-0.2, -0.15) is 17.7 Å². The number of carbonyl (C=O) groups excluding carboxylic acids is 1. The SMILES string of the molecule is Cc1ccc(-c2c3nc(c(-c4ccc(C)cc4)c4ccc([n-]4)c(-c4ccc(C)cc4)c4nc(c(-c5ccc(C)cc5)c5ccc2[n-]5)C=C4)C=C3)cc1.O=[C-]c1ccc(F)cc1.[Ir+3]. The Bertz CT molecular complexity index is 2790. The minimum Gasteiger partial charge on any atom is -0.657 e. The van der Waals surface area contributed by atoms with Crippen LogP contribution in [0.3, 0.4) is 0 Å². The van der Waals surface area contributed by atoms with E-state index in [0.717, 1.165) is 89.4 Å². The molecule has 3 aromatic heterocycles. The Morgan fingerprint density at radius 2 is 0.645 bits per heavy atom. The van der Waals surface area contributed by atoms with Crippen LogP contribution < -0.4 is 9.97 Å². The smallest absolute Gasteiger partial charge is 0.657 e. The summed E-state index contributed by atoms with van der Waals surface area (Å²) in [6.07, 6.45) is 10.1. The van der Waals surface area contributed by atoms with Crippen LogP contribution in [-0.4, -0.2) is 16.3 Å². The van der Waals surface area contributed by atoms with Crippen molar-refractivity contribution in [3.05, 3.63) is 202 Å². The molecule has 0 N–H and O–H groups in total. The number of hydrogen-bond donors (Lipinski definition) is 0. The molecule has 2 aliphatic rings. The van der Waals surface area contributed by atoms with Crippen LogP contribution in [0.25, 0.3) is 90.9 Å². The number of fused-ring (bicyclic) bond motifs is 8. The van der Waals surface area contributed by atoms with Gasteiger partial charge in [-0.1, -0.05) is 156 Å². The summed E-state index contributed by atoms with van der Waals surface area (Å²) in [5.74, 6) is -0.339. The van der Waals surface area contributed by atoms with Crippen LogP contribution in [0.4, 0.5) is 4.39 Å². The third-order valence-corrected chi connectivity index (χ3v) is 10.9. The topological polar surface area (TPSA) is 71.1 Å². The van der Waals surface area contributed by atoms with Gasteiger partial charge in [0.05, 0.1) is 34.9 Å². The van der Waals surface area contributed by atoms with Crippen LogP contribution >= 0.6 is 0 Å². The second kappa shape index (κ2) is 17.9. The van der Waals surface area contributed by atoms with Gasteiger partial charge < -0.3 is 14.8 Å². The van der Waals surface area contributed by atoms with Gasteiger partial charge in [-0.25, -0.2) is 14.4 Å². The molecule has 0 saturated carbocycles. The van der Waals surface area contributed by atoms with E-state index in [2.05, 4.69) is 173 Å². The summed E-state index contributed by atoms with van der Waals surface area (Å²) in [5.41, 5.74) is 20.3. The van der Waals surface area contributed by atoms with Gasteiger partial charge in [0, 0.05) is 0 Å². The van der Waals surface area contributed by atoms with E-state index in [4.69, 9.17) is 19.9 Å². The molecule has 0 fully saturated rings. The van der Waals surface area contributed by atoms with Gasteiger partial charge >= 0.3 is 20.1 Å². The van der Waals surface area contributed by atoms with Crippen LogP contribution in [0.2, 0.25) is 0 Å². The van der Waals surface area contributed by atoms with Crippen molar-refractivity contribution in [1.82, 2.24) is 19.9 Å². The van der Waals surface area contributed by atoms with Crippen LogP contribution in [-0.2, 0) is 24.9 Å². The Kier molecular flexibility index (Phi) is 12.0. The number of nitrogens with zero attached hydrogens (tertiary/aromatic N) is 4. The first-order chi connectivity index (χ1) is 29.7. The van der Waals surface area contributed by atoms with Gasteiger partial charge in [-0.3, -0.25) is 0 Å². The van der Waals surface area contributed by atoms with E-state index < -0.39 is 0 Å². The number of hydrogen-bond acceptors (Lipinski definition) is 3. The Balaban J connectivity index is 0.000000473. The fourth-order valence-corrected chi connectivity index (χ4v) is 7.67. The maximum atomic E-state index is 12.1. The molecule has 62 heavy (non-hydrogen) atoms. The number of aromatic nitrogens is 4. The van der Waals surface area contributed by atoms with Crippen molar-refractivity contribution in [2.24, 2.45) is 0 Å². The molecule has 5 aromatic carbocycles. The molecule has 2 aliphatic heterocycles. The van der Waals surface area contributed by atoms with Crippen molar-refractivity contribution in [2.75, 3.05) is 0 Å². The molecule has 0 amide bonds. The van der Waals surface area contributed by atoms with Crippen molar-refractivity contribution >= 4 is 52.7 Å². The van der Waals surface area contributed by atoms with E-state index in [0.29, 0.717) is 5.56 Å². The van der Waals surface area contributed by atoms with Gasteiger partial charge in [0.15, 0.2) is 0 Å². The average Bonchev–Trinajstić information content (AvgIpc) is 4.12.